The molecule has 0 heterocycles. The van der Waals surface area contributed by atoms with Gasteiger partial charge in [-0.2, -0.15) is 0 Å². The van der Waals surface area contributed by atoms with Gasteiger partial charge in [0.2, 0.25) is 10.0 Å². The van der Waals surface area contributed by atoms with Crippen LogP contribution in [-0.2, 0) is 10.0 Å². The van der Waals surface area contributed by atoms with Gasteiger partial charge in [0.15, 0.2) is 11.5 Å². The van der Waals surface area contributed by atoms with Gasteiger partial charge in [-0.15, -0.1) is 0 Å². The molecule has 0 radical (unpaired) electrons. The standard InChI is InChI=1S/C20H24N2O5S/c1-26-18-11-10-15(13-19(18)27-17-8-3-4-9-17)21-20(23)14-6-5-7-16(12-14)22-28(2,24)25/h5-7,10-13,17,22H,3-4,8-9H2,1-2H3,(H,21,23). The second-order valence-corrected chi connectivity index (χ2v) is 8.55. The number of hydrogen-bond acceptors (Lipinski definition) is 5. The summed E-state index contributed by atoms with van der Waals surface area (Å²) in [4.78, 5) is 12.6. The minimum absolute atomic E-state index is 0.165. The number of nitrogens with one attached hydrogen (secondary N) is 2. The number of benzene rings is 2. The molecular weight excluding hydrogens is 380 g/mol. The van der Waals surface area contributed by atoms with E-state index in [1.807, 2.05) is 0 Å². The molecule has 2 aromatic carbocycles. The molecule has 0 bridgehead atoms. The van der Waals surface area contributed by atoms with E-state index in [2.05, 4.69) is 10.0 Å². The van der Waals surface area contributed by atoms with E-state index in [0.29, 0.717) is 28.4 Å². The summed E-state index contributed by atoms with van der Waals surface area (Å²) in [7, 11) is -1.84. The van der Waals surface area contributed by atoms with Crippen LogP contribution in [0.3, 0.4) is 0 Å². The average Bonchev–Trinajstić information content (AvgIpc) is 3.14. The number of hydrogen-bond donors (Lipinski definition) is 2. The van der Waals surface area contributed by atoms with Crippen LogP contribution in [-0.4, -0.2) is 33.8 Å². The van der Waals surface area contributed by atoms with Gasteiger partial charge in [0, 0.05) is 23.0 Å². The topological polar surface area (TPSA) is 93.7 Å². The van der Waals surface area contributed by atoms with E-state index >= 15 is 0 Å². The van der Waals surface area contributed by atoms with Crippen LogP contribution in [0.5, 0.6) is 11.5 Å². The summed E-state index contributed by atoms with van der Waals surface area (Å²) in [5.41, 5.74) is 1.23. The molecule has 2 N–H and O–H groups in total. The third-order valence-electron chi connectivity index (χ3n) is 4.45. The lowest BCUT2D eigenvalue weighted by Gasteiger charge is -2.17. The predicted octanol–water partition coefficient (Wildman–Crippen LogP) is 3.64. The first-order chi connectivity index (χ1) is 13.3. The Bertz CT molecular complexity index is 953. The van der Waals surface area contributed by atoms with Crippen molar-refractivity contribution < 1.29 is 22.7 Å². The van der Waals surface area contributed by atoms with E-state index in [0.717, 1.165) is 31.9 Å². The third-order valence-corrected chi connectivity index (χ3v) is 5.05. The van der Waals surface area contributed by atoms with E-state index in [1.165, 1.54) is 6.07 Å². The van der Waals surface area contributed by atoms with E-state index in [4.69, 9.17) is 9.47 Å². The van der Waals surface area contributed by atoms with Crippen LogP contribution in [0.4, 0.5) is 11.4 Å². The number of methoxy groups -OCH3 is 1. The highest BCUT2D eigenvalue weighted by Crippen LogP contribution is 2.34. The molecule has 7 nitrogen and oxygen atoms in total. The van der Waals surface area contributed by atoms with E-state index in [-0.39, 0.29) is 12.0 Å². The van der Waals surface area contributed by atoms with Crippen LogP contribution in [0.25, 0.3) is 0 Å². The Morgan fingerprint density at radius 3 is 2.46 bits per heavy atom. The van der Waals surface area contributed by atoms with Crippen molar-refractivity contribution in [3.8, 4) is 11.5 Å². The van der Waals surface area contributed by atoms with Crippen LogP contribution >= 0.6 is 0 Å². The van der Waals surface area contributed by atoms with E-state index in [9.17, 15) is 13.2 Å². The van der Waals surface area contributed by atoms with Crippen molar-refractivity contribution in [2.24, 2.45) is 0 Å². The average molecular weight is 404 g/mol. The molecule has 2 aromatic rings. The first-order valence-corrected chi connectivity index (χ1v) is 11.0. The fraction of sp³-hybridized carbons (Fsp3) is 0.350. The largest absolute Gasteiger partial charge is 0.493 e. The van der Waals surface area contributed by atoms with Crippen LogP contribution in [0.15, 0.2) is 42.5 Å². The van der Waals surface area contributed by atoms with Crippen LogP contribution < -0.4 is 19.5 Å². The number of ether oxygens (including phenoxy) is 2. The quantitative estimate of drug-likeness (QED) is 0.735. The Labute approximate surface area is 165 Å². The molecule has 3 rings (SSSR count). The van der Waals surface area contributed by atoms with Gasteiger partial charge < -0.3 is 14.8 Å². The van der Waals surface area contributed by atoms with Crippen molar-refractivity contribution in [2.45, 2.75) is 31.8 Å². The Hall–Kier alpha value is -2.74. The molecule has 1 saturated carbocycles. The van der Waals surface area contributed by atoms with Crippen LogP contribution in [0.2, 0.25) is 0 Å². The highest BCUT2D eigenvalue weighted by atomic mass is 32.2. The molecule has 8 heteroatoms. The van der Waals surface area contributed by atoms with Gasteiger partial charge in [-0.05, 0) is 56.0 Å². The summed E-state index contributed by atoms with van der Waals surface area (Å²) in [6, 6.07) is 11.5. The van der Waals surface area contributed by atoms with E-state index < -0.39 is 10.0 Å². The van der Waals surface area contributed by atoms with Crippen LogP contribution in [0.1, 0.15) is 36.0 Å². The molecule has 0 aliphatic heterocycles. The number of rotatable bonds is 7. The fourth-order valence-corrected chi connectivity index (χ4v) is 3.73. The molecule has 0 spiro atoms. The maximum absolute atomic E-state index is 12.6. The van der Waals surface area contributed by atoms with Gasteiger partial charge in [-0.25, -0.2) is 8.42 Å². The van der Waals surface area contributed by atoms with Crippen molar-refractivity contribution >= 4 is 27.3 Å². The summed E-state index contributed by atoms with van der Waals surface area (Å²) in [6.07, 6.45) is 5.56. The summed E-state index contributed by atoms with van der Waals surface area (Å²) in [5.74, 6) is 0.859. The number of carbonyl (C=O) groups excluding carboxylic acids is 1. The molecule has 1 aliphatic carbocycles. The van der Waals surface area contributed by atoms with Gasteiger partial charge >= 0.3 is 0 Å². The lowest BCUT2D eigenvalue weighted by molar-refractivity contribution is 0.102. The molecule has 28 heavy (non-hydrogen) atoms. The Balaban J connectivity index is 1.75. The zero-order valence-electron chi connectivity index (χ0n) is 15.9. The van der Waals surface area contributed by atoms with Gasteiger partial charge in [0.25, 0.3) is 5.91 Å². The molecule has 0 saturated heterocycles. The minimum atomic E-state index is -3.42. The molecule has 0 atom stereocenters. The van der Waals surface area contributed by atoms with Gasteiger partial charge in [-0.1, -0.05) is 6.07 Å². The van der Waals surface area contributed by atoms with Crippen molar-refractivity contribution in [1.82, 2.24) is 0 Å². The maximum atomic E-state index is 12.6. The Morgan fingerprint density at radius 1 is 1.04 bits per heavy atom. The third kappa shape index (κ3) is 5.39. The molecule has 0 aromatic heterocycles. The second kappa shape index (κ2) is 8.52. The highest BCUT2D eigenvalue weighted by Gasteiger charge is 2.19. The summed E-state index contributed by atoms with van der Waals surface area (Å²) >= 11 is 0. The Kier molecular flexibility index (Phi) is 6.08. The van der Waals surface area contributed by atoms with Crippen molar-refractivity contribution in [2.75, 3.05) is 23.4 Å². The SMILES string of the molecule is COc1ccc(NC(=O)c2cccc(NS(C)(=O)=O)c2)cc1OC1CCCC1. The molecule has 1 aliphatic rings. The monoisotopic (exact) mass is 404 g/mol. The zero-order chi connectivity index (χ0) is 20.1. The fourth-order valence-electron chi connectivity index (χ4n) is 3.17. The maximum Gasteiger partial charge on any atom is 0.255 e. The molecule has 0 unspecified atom stereocenters. The summed E-state index contributed by atoms with van der Waals surface area (Å²) < 4.78 is 36.5. The predicted molar refractivity (Wildman–Crippen MR) is 109 cm³/mol. The number of anilines is 2. The van der Waals surface area contributed by atoms with Gasteiger partial charge in [0.1, 0.15) is 0 Å². The zero-order valence-corrected chi connectivity index (χ0v) is 16.7. The number of carbonyl (C=O) groups is 1. The van der Waals surface area contributed by atoms with Crippen LogP contribution in [0, 0.1) is 0 Å². The number of sulfonamides is 1. The first kappa shape index (κ1) is 20.0. The first-order valence-electron chi connectivity index (χ1n) is 9.08. The molecule has 150 valence electrons. The second-order valence-electron chi connectivity index (χ2n) is 6.80. The molecule has 1 fully saturated rings. The van der Waals surface area contributed by atoms with Crippen molar-refractivity contribution in [1.29, 1.82) is 0 Å². The Morgan fingerprint density at radius 2 is 1.79 bits per heavy atom. The summed E-state index contributed by atoms with van der Waals surface area (Å²) in [5, 5.41) is 2.81. The smallest absolute Gasteiger partial charge is 0.255 e. The minimum Gasteiger partial charge on any atom is -0.493 e. The normalized spacial score (nSPS) is 14.5. The van der Waals surface area contributed by atoms with Gasteiger partial charge in [-0.3, -0.25) is 9.52 Å². The van der Waals surface area contributed by atoms with Gasteiger partial charge in [0.05, 0.1) is 19.5 Å². The lowest BCUT2D eigenvalue weighted by Crippen LogP contribution is -2.15. The molecule has 1 amide bonds. The number of amides is 1. The van der Waals surface area contributed by atoms with Crippen molar-refractivity contribution in [3.63, 3.8) is 0 Å². The highest BCUT2D eigenvalue weighted by molar-refractivity contribution is 7.92. The summed E-state index contributed by atoms with van der Waals surface area (Å²) in [6.45, 7) is 0. The lowest BCUT2D eigenvalue weighted by atomic mass is 10.2. The van der Waals surface area contributed by atoms with E-state index in [1.54, 1.807) is 43.5 Å². The van der Waals surface area contributed by atoms with Crippen molar-refractivity contribution in [3.05, 3.63) is 48.0 Å². The molecular formula is C20H24N2O5S.